The van der Waals surface area contributed by atoms with E-state index in [4.69, 9.17) is 5.11 Å². The third-order valence-corrected chi connectivity index (χ3v) is 2.49. The first-order chi connectivity index (χ1) is 8.50. The van der Waals surface area contributed by atoms with Crippen LogP contribution >= 0.6 is 0 Å². The van der Waals surface area contributed by atoms with Crippen molar-refractivity contribution in [3.63, 3.8) is 0 Å². The lowest BCUT2D eigenvalue weighted by atomic mass is 10.1. The predicted octanol–water partition coefficient (Wildman–Crippen LogP) is 3.60. The molecule has 2 aromatic rings. The first-order valence-electron chi connectivity index (χ1n) is 5.46. The second-order valence-electron chi connectivity index (χ2n) is 3.86. The fourth-order valence-electron chi connectivity index (χ4n) is 1.24. The lowest BCUT2D eigenvalue weighted by Gasteiger charge is -1.93. The Kier molecular flexibility index (Phi) is 4.87. The number of non-ortho nitro benzene ring substituents is 1. The van der Waals surface area contributed by atoms with Gasteiger partial charge in [-0.05, 0) is 37.1 Å². The van der Waals surface area contributed by atoms with Crippen LogP contribution in [0, 0.1) is 24.0 Å². The summed E-state index contributed by atoms with van der Waals surface area (Å²) in [7, 11) is 0. The summed E-state index contributed by atoms with van der Waals surface area (Å²) in [6.45, 7) is 4.24. The van der Waals surface area contributed by atoms with Crippen molar-refractivity contribution >= 4 is 5.69 Å². The van der Waals surface area contributed by atoms with E-state index in [0.717, 1.165) is 0 Å². The number of nitro benzene ring substituents is 1. The first-order valence-corrected chi connectivity index (χ1v) is 5.46. The smallest absolute Gasteiger partial charge is 0.269 e. The van der Waals surface area contributed by atoms with Crippen molar-refractivity contribution in [2.75, 3.05) is 0 Å². The van der Waals surface area contributed by atoms with Crippen LogP contribution in [0.5, 0.6) is 5.75 Å². The van der Waals surface area contributed by atoms with Gasteiger partial charge in [-0.3, -0.25) is 10.1 Å². The SMILES string of the molecule is Cc1ccccc1C.O=[N+]([O-])c1ccc(O)cc1. The second-order valence-corrected chi connectivity index (χ2v) is 3.86. The van der Waals surface area contributed by atoms with E-state index >= 15 is 0 Å². The Morgan fingerprint density at radius 1 is 0.944 bits per heavy atom. The number of phenolic OH excluding ortho intramolecular Hbond substituents is 1. The normalized spacial score (nSPS) is 9.22. The Balaban J connectivity index is 0.000000184. The maximum atomic E-state index is 10.0. The van der Waals surface area contributed by atoms with Crippen molar-refractivity contribution in [3.8, 4) is 5.75 Å². The summed E-state index contributed by atoms with van der Waals surface area (Å²) in [5.41, 5.74) is 2.72. The number of aryl methyl sites for hydroxylation is 2. The van der Waals surface area contributed by atoms with E-state index in [1.165, 1.54) is 35.4 Å². The van der Waals surface area contributed by atoms with Crippen molar-refractivity contribution in [3.05, 3.63) is 69.8 Å². The zero-order chi connectivity index (χ0) is 13.5. The fourth-order valence-corrected chi connectivity index (χ4v) is 1.24. The molecule has 4 heteroatoms. The van der Waals surface area contributed by atoms with Gasteiger partial charge < -0.3 is 5.11 Å². The number of nitro groups is 1. The Labute approximate surface area is 106 Å². The van der Waals surface area contributed by atoms with Crippen LogP contribution in [-0.4, -0.2) is 10.0 Å². The molecule has 0 heterocycles. The first kappa shape index (κ1) is 13.7. The van der Waals surface area contributed by atoms with E-state index in [9.17, 15) is 10.1 Å². The van der Waals surface area contributed by atoms with E-state index < -0.39 is 4.92 Å². The van der Waals surface area contributed by atoms with E-state index in [-0.39, 0.29) is 11.4 Å². The maximum Gasteiger partial charge on any atom is 0.269 e. The number of phenols is 1. The topological polar surface area (TPSA) is 63.4 Å². The number of aromatic hydroxyl groups is 1. The molecule has 0 amide bonds. The summed E-state index contributed by atoms with van der Waals surface area (Å²) in [6, 6.07) is 13.4. The molecule has 0 atom stereocenters. The highest BCUT2D eigenvalue weighted by atomic mass is 16.6. The molecule has 0 spiro atoms. The molecular weight excluding hydrogens is 230 g/mol. The van der Waals surface area contributed by atoms with Crippen LogP contribution in [0.3, 0.4) is 0 Å². The van der Waals surface area contributed by atoms with Crippen LogP contribution in [0.25, 0.3) is 0 Å². The molecule has 0 bridgehead atoms. The molecule has 0 aliphatic carbocycles. The maximum absolute atomic E-state index is 10.0. The molecule has 4 nitrogen and oxygen atoms in total. The summed E-state index contributed by atoms with van der Waals surface area (Å²) >= 11 is 0. The van der Waals surface area contributed by atoms with Gasteiger partial charge in [0.05, 0.1) is 4.92 Å². The van der Waals surface area contributed by atoms with Crippen LogP contribution in [0.4, 0.5) is 5.69 Å². The molecule has 94 valence electrons. The number of hydrogen-bond acceptors (Lipinski definition) is 3. The monoisotopic (exact) mass is 245 g/mol. The number of benzene rings is 2. The molecule has 0 aromatic heterocycles. The van der Waals surface area contributed by atoms with Gasteiger partial charge in [0.1, 0.15) is 5.75 Å². The standard InChI is InChI=1S/C8H10.C6H5NO3/c1-7-5-3-4-6-8(7)2;8-6-3-1-5(2-4-6)7(9)10/h3-6H,1-2H3;1-4,8H. The molecule has 0 fully saturated rings. The number of hydrogen-bond donors (Lipinski definition) is 1. The van der Waals surface area contributed by atoms with E-state index in [0.29, 0.717) is 0 Å². The Bertz CT molecular complexity index is 500. The largest absolute Gasteiger partial charge is 0.508 e. The van der Waals surface area contributed by atoms with Crippen LogP contribution < -0.4 is 0 Å². The predicted molar refractivity (Wildman–Crippen MR) is 70.7 cm³/mol. The summed E-state index contributed by atoms with van der Waals surface area (Å²) in [5.74, 6) is 0.0330. The van der Waals surface area contributed by atoms with Crippen molar-refractivity contribution in [1.82, 2.24) is 0 Å². The highest BCUT2D eigenvalue weighted by molar-refractivity contribution is 5.35. The molecule has 0 radical (unpaired) electrons. The zero-order valence-electron chi connectivity index (χ0n) is 10.3. The zero-order valence-corrected chi connectivity index (χ0v) is 10.3. The van der Waals surface area contributed by atoms with Crippen molar-refractivity contribution in [2.45, 2.75) is 13.8 Å². The lowest BCUT2D eigenvalue weighted by molar-refractivity contribution is -0.384. The molecule has 0 unspecified atom stereocenters. The van der Waals surface area contributed by atoms with Gasteiger partial charge >= 0.3 is 0 Å². The second kappa shape index (κ2) is 6.39. The average molecular weight is 245 g/mol. The summed E-state index contributed by atoms with van der Waals surface area (Å²) in [6.07, 6.45) is 0. The number of nitrogens with zero attached hydrogens (tertiary/aromatic N) is 1. The molecule has 1 N–H and O–H groups in total. The minimum atomic E-state index is -0.514. The van der Waals surface area contributed by atoms with Gasteiger partial charge in [-0.15, -0.1) is 0 Å². The minimum absolute atomic E-state index is 0.0159. The van der Waals surface area contributed by atoms with Crippen LogP contribution in [0.15, 0.2) is 48.5 Å². The summed E-state index contributed by atoms with van der Waals surface area (Å²) in [5, 5.41) is 18.8. The average Bonchev–Trinajstić information content (AvgIpc) is 2.34. The van der Waals surface area contributed by atoms with Crippen LogP contribution in [0.1, 0.15) is 11.1 Å². The van der Waals surface area contributed by atoms with Crippen molar-refractivity contribution < 1.29 is 10.0 Å². The quantitative estimate of drug-likeness (QED) is 0.616. The number of rotatable bonds is 1. The van der Waals surface area contributed by atoms with E-state index in [1.807, 2.05) is 0 Å². The van der Waals surface area contributed by atoms with Crippen LogP contribution in [-0.2, 0) is 0 Å². The molecule has 2 aromatic carbocycles. The molecule has 0 saturated carbocycles. The fraction of sp³-hybridized carbons (Fsp3) is 0.143. The van der Waals surface area contributed by atoms with Crippen LogP contribution in [0.2, 0.25) is 0 Å². The van der Waals surface area contributed by atoms with E-state index in [1.54, 1.807) is 0 Å². The Morgan fingerprint density at radius 2 is 1.39 bits per heavy atom. The third kappa shape index (κ3) is 4.25. The molecular formula is C14H15NO3. The molecule has 0 saturated heterocycles. The van der Waals surface area contributed by atoms with Gasteiger partial charge in [0, 0.05) is 12.1 Å². The van der Waals surface area contributed by atoms with Crippen molar-refractivity contribution in [1.29, 1.82) is 0 Å². The minimum Gasteiger partial charge on any atom is -0.508 e. The van der Waals surface area contributed by atoms with Gasteiger partial charge in [0.25, 0.3) is 5.69 Å². The Morgan fingerprint density at radius 3 is 1.72 bits per heavy atom. The van der Waals surface area contributed by atoms with Gasteiger partial charge in [-0.25, -0.2) is 0 Å². The van der Waals surface area contributed by atoms with Gasteiger partial charge in [0.15, 0.2) is 0 Å². The highest BCUT2D eigenvalue weighted by Gasteiger charge is 2.01. The third-order valence-electron chi connectivity index (χ3n) is 2.49. The van der Waals surface area contributed by atoms with Crippen molar-refractivity contribution in [2.24, 2.45) is 0 Å². The summed E-state index contributed by atoms with van der Waals surface area (Å²) < 4.78 is 0. The lowest BCUT2D eigenvalue weighted by Crippen LogP contribution is -1.85. The van der Waals surface area contributed by atoms with E-state index in [2.05, 4.69) is 38.1 Å². The van der Waals surface area contributed by atoms with Gasteiger partial charge in [-0.1, -0.05) is 24.3 Å². The summed E-state index contributed by atoms with van der Waals surface area (Å²) in [4.78, 5) is 9.52. The molecule has 0 aliphatic rings. The highest BCUT2D eigenvalue weighted by Crippen LogP contribution is 2.14. The molecule has 2 rings (SSSR count). The van der Waals surface area contributed by atoms with Gasteiger partial charge in [0.2, 0.25) is 0 Å². The molecule has 18 heavy (non-hydrogen) atoms. The van der Waals surface area contributed by atoms with Gasteiger partial charge in [-0.2, -0.15) is 0 Å². The Hall–Kier alpha value is -2.36. The molecule has 0 aliphatic heterocycles.